The van der Waals surface area contributed by atoms with Gasteiger partial charge in [-0.15, -0.1) is 0 Å². The Morgan fingerprint density at radius 1 is 1.39 bits per heavy atom. The van der Waals surface area contributed by atoms with Crippen LogP contribution in [0, 0.1) is 0 Å². The Morgan fingerprint density at radius 3 is 2.89 bits per heavy atom. The van der Waals surface area contributed by atoms with Crippen molar-refractivity contribution in [3.8, 4) is 0 Å². The zero-order valence-corrected chi connectivity index (χ0v) is 11.2. The minimum atomic E-state index is -0.255. The molecule has 0 bridgehead atoms. The van der Waals surface area contributed by atoms with Gasteiger partial charge in [0, 0.05) is 25.7 Å². The number of aliphatic hydroxyl groups excluding tert-OH is 1. The monoisotopic (exact) mass is 248 g/mol. The lowest BCUT2D eigenvalue weighted by molar-refractivity contribution is 0.153. The summed E-state index contributed by atoms with van der Waals surface area (Å²) in [4.78, 5) is 2.50. The van der Waals surface area contributed by atoms with E-state index in [1.165, 1.54) is 24.9 Å². The van der Waals surface area contributed by atoms with Gasteiger partial charge in [0.15, 0.2) is 0 Å². The first-order valence-electron chi connectivity index (χ1n) is 6.92. The molecule has 18 heavy (non-hydrogen) atoms. The lowest BCUT2D eigenvalue weighted by Crippen LogP contribution is -2.46. The molecule has 2 rings (SSSR count). The predicted molar refractivity (Wildman–Crippen MR) is 74.4 cm³/mol. The first kappa shape index (κ1) is 13.5. The van der Waals surface area contributed by atoms with E-state index in [9.17, 15) is 5.11 Å². The second-order valence-corrected chi connectivity index (χ2v) is 5.32. The van der Waals surface area contributed by atoms with E-state index in [0.29, 0.717) is 12.6 Å². The Hall–Kier alpha value is -0.900. The van der Waals surface area contributed by atoms with Gasteiger partial charge in [0.1, 0.15) is 0 Å². The van der Waals surface area contributed by atoms with Crippen LogP contribution in [0.3, 0.4) is 0 Å². The molecule has 1 saturated heterocycles. The van der Waals surface area contributed by atoms with Gasteiger partial charge in [-0.25, -0.2) is 0 Å². The van der Waals surface area contributed by atoms with E-state index in [0.717, 1.165) is 13.1 Å². The van der Waals surface area contributed by atoms with E-state index in [1.54, 1.807) is 0 Å². The van der Waals surface area contributed by atoms with Crippen LogP contribution in [0.5, 0.6) is 0 Å². The smallest absolute Gasteiger partial charge is 0.0636 e. The molecule has 3 heteroatoms. The summed E-state index contributed by atoms with van der Waals surface area (Å²) in [6.07, 6.45) is 2.21. The molecule has 0 saturated carbocycles. The molecule has 0 spiro atoms. The Kier molecular flexibility index (Phi) is 5.17. The van der Waals surface area contributed by atoms with Gasteiger partial charge in [-0.1, -0.05) is 30.3 Å². The average molecular weight is 248 g/mol. The molecule has 1 aliphatic heterocycles. The van der Waals surface area contributed by atoms with Gasteiger partial charge in [-0.05, 0) is 31.9 Å². The fourth-order valence-corrected chi connectivity index (χ4v) is 2.54. The first-order valence-corrected chi connectivity index (χ1v) is 6.92. The summed E-state index contributed by atoms with van der Waals surface area (Å²) in [5, 5.41) is 12.8. The Bertz CT molecular complexity index is 340. The highest BCUT2D eigenvalue weighted by molar-refractivity contribution is 5.14. The summed E-state index contributed by atoms with van der Waals surface area (Å²) >= 11 is 0. The van der Waals surface area contributed by atoms with Crippen LogP contribution in [-0.2, 0) is 6.54 Å². The van der Waals surface area contributed by atoms with E-state index in [4.69, 9.17) is 0 Å². The van der Waals surface area contributed by atoms with Crippen LogP contribution < -0.4 is 5.32 Å². The van der Waals surface area contributed by atoms with Gasteiger partial charge in [0.25, 0.3) is 0 Å². The number of hydrogen-bond donors (Lipinski definition) is 2. The molecular weight excluding hydrogens is 224 g/mol. The molecule has 0 aliphatic carbocycles. The van der Waals surface area contributed by atoms with Crippen molar-refractivity contribution in [2.24, 2.45) is 0 Å². The average Bonchev–Trinajstić information content (AvgIpc) is 2.38. The molecule has 1 fully saturated rings. The molecule has 0 amide bonds. The van der Waals surface area contributed by atoms with Crippen molar-refractivity contribution < 1.29 is 5.11 Å². The standard InChI is InChI=1S/C15H24N2O/c1-13(18)10-16-15-8-5-9-17(12-15)11-14-6-3-2-4-7-14/h2-4,6-7,13,15-16,18H,5,8-12H2,1H3/t13-,15?/m1/s1. The van der Waals surface area contributed by atoms with Crippen molar-refractivity contribution in [1.29, 1.82) is 0 Å². The van der Waals surface area contributed by atoms with Crippen molar-refractivity contribution in [3.05, 3.63) is 35.9 Å². The minimum Gasteiger partial charge on any atom is -0.392 e. The SMILES string of the molecule is C[C@@H](O)CNC1CCCN(Cc2ccccc2)C1. The Labute approximate surface area is 110 Å². The van der Waals surface area contributed by atoms with E-state index in [1.807, 2.05) is 6.92 Å². The number of nitrogens with zero attached hydrogens (tertiary/aromatic N) is 1. The molecule has 1 aromatic carbocycles. The van der Waals surface area contributed by atoms with Gasteiger partial charge in [0.2, 0.25) is 0 Å². The molecule has 100 valence electrons. The van der Waals surface area contributed by atoms with Crippen molar-refractivity contribution in [1.82, 2.24) is 10.2 Å². The molecule has 0 radical (unpaired) electrons. The maximum Gasteiger partial charge on any atom is 0.0636 e. The predicted octanol–water partition coefficient (Wildman–Crippen LogP) is 1.62. The molecule has 1 aromatic rings. The second kappa shape index (κ2) is 6.88. The van der Waals surface area contributed by atoms with Crippen LogP contribution >= 0.6 is 0 Å². The van der Waals surface area contributed by atoms with E-state index in [2.05, 4.69) is 40.5 Å². The molecule has 0 aromatic heterocycles. The van der Waals surface area contributed by atoms with Gasteiger partial charge in [-0.2, -0.15) is 0 Å². The maximum atomic E-state index is 9.31. The number of benzene rings is 1. The molecular formula is C15H24N2O. The van der Waals surface area contributed by atoms with Crippen LogP contribution in [-0.4, -0.2) is 41.8 Å². The number of likely N-dealkylation sites (tertiary alicyclic amines) is 1. The van der Waals surface area contributed by atoms with Crippen LogP contribution in [0.2, 0.25) is 0 Å². The minimum absolute atomic E-state index is 0.255. The molecule has 2 N–H and O–H groups in total. The molecule has 2 atom stereocenters. The maximum absolute atomic E-state index is 9.31. The topological polar surface area (TPSA) is 35.5 Å². The van der Waals surface area contributed by atoms with Gasteiger partial charge >= 0.3 is 0 Å². The summed E-state index contributed by atoms with van der Waals surface area (Å²) < 4.78 is 0. The summed E-state index contributed by atoms with van der Waals surface area (Å²) in [6.45, 7) is 5.83. The number of nitrogens with one attached hydrogen (secondary N) is 1. The number of piperidine rings is 1. The van der Waals surface area contributed by atoms with Gasteiger partial charge in [-0.3, -0.25) is 4.90 Å². The second-order valence-electron chi connectivity index (χ2n) is 5.32. The summed E-state index contributed by atoms with van der Waals surface area (Å²) in [6, 6.07) is 11.2. The highest BCUT2D eigenvalue weighted by atomic mass is 16.3. The highest BCUT2D eigenvalue weighted by Crippen LogP contribution is 2.13. The van der Waals surface area contributed by atoms with Crippen LogP contribution in [0.15, 0.2) is 30.3 Å². The molecule has 3 nitrogen and oxygen atoms in total. The van der Waals surface area contributed by atoms with E-state index >= 15 is 0 Å². The van der Waals surface area contributed by atoms with Crippen molar-refractivity contribution in [3.63, 3.8) is 0 Å². The normalized spacial score (nSPS) is 22.9. The fourth-order valence-electron chi connectivity index (χ4n) is 2.54. The lowest BCUT2D eigenvalue weighted by atomic mass is 10.0. The summed E-state index contributed by atoms with van der Waals surface area (Å²) in [7, 11) is 0. The van der Waals surface area contributed by atoms with Crippen LogP contribution in [0.1, 0.15) is 25.3 Å². The zero-order valence-electron chi connectivity index (χ0n) is 11.2. The third-order valence-electron chi connectivity index (χ3n) is 3.46. The van der Waals surface area contributed by atoms with Gasteiger partial charge in [0.05, 0.1) is 6.10 Å². The van der Waals surface area contributed by atoms with Crippen LogP contribution in [0.4, 0.5) is 0 Å². The van der Waals surface area contributed by atoms with E-state index < -0.39 is 0 Å². The van der Waals surface area contributed by atoms with Crippen LogP contribution in [0.25, 0.3) is 0 Å². The number of rotatable bonds is 5. The summed E-state index contributed by atoms with van der Waals surface area (Å²) in [5.41, 5.74) is 1.38. The fraction of sp³-hybridized carbons (Fsp3) is 0.600. The quantitative estimate of drug-likeness (QED) is 0.831. The third-order valence-corrected chi connectivity index (χ3v) is 3.46. The van der Waals surface area contributed by atoms with Crippen molar-refractivity contribution in [2.75, 3.05) is 19.6 Å². The largest absolute Gasteiger partial charge is 0.392 e. The number of aliphatic hydroxyl groups is 1. The number of hydrogen-bond acceptors (Lipinski definition) is 3. The third kappa shape index (κ3) is 4.41. The highest BCUT2D eigenvalue weighted by Gasteiger charge is 2.19. The summed E-state index contributed by atoms with van der Waals surface area (Å²) in [5.74, 6) is 0. The van der Waals surface area contributed by atoms with Crippen molar-refractivity contribution in [2.45, 2.75) is 38.5 Å². The molecule has 1 aliphatic rings. The molecule has 1 unspecified atom stereocenters. The lowest BCUT2D eigenvalue weighted by Gasteiger charge is -2.33. The Balaban J connectivity index is 1.79. The van der Waals surface area contributed by atoms with Gasteiger partial charge < -0.3 is 10.4 Å². The zero-order chi connectivity index (χ0) is 12.8. The van der Waals surface area contributed by atoms with E-state index in [-0.39, 0.29) is 6.10 Å². The van der Waals surface area contributed by atoms with Crippen molar-refractivity contribution >= 4 is 0 Å². The first-order chi connectivity index (χ1) is 8.74. The molecule has 1 heterocycles. The Morgan fingerprint density at radius 2 is 2.17 bits per heavy atom.